The summed E-state index contributed by atoms with van der Waals surface area (Å²) in [6, 6.07) is 23.6. The zero-order valence-electron chi connectivity index (χ0n) is 15.2. The van der Waals surface area contributed by atoms with Crippen molar-refractivity contribution in [3.05, 3.63) is 96.1 Å². The molecule has 4 rings (SSSR count). The van der Waals surface area contributed by atoms with Crippen LogP contribution in [-0.2, 0) is 14.8 Å². The van der Waals surface area contributed by atoms with Crippen LogP contribution >= 0.6 is 0 Å². The third-order valence-electron chi connectivity index (χ3n) is 4.73. The van der Waals surface area contributed by atoms with Crippen molar-refractivity contribution in [3.8, 4) is 5.75 Å². The van der Waals surface area contributed by atoms with Crippen molar-refractivity contribution in [1.29, 1.82) is 0 Å². The standard InChI is InChI=1S/C22H19NO4S/c1-16-12-14-17(15-13-16)20-21(27-18-8-4-2-5-9-18)22(24)23(20)28(25,26)19-10-6-3-7-11-19/h2-15,20-21H,1H3/t20-,21+/m1/s1. The predicted octanol–water partition coefficient (Wildman–Crippen LogP) is 3.71. The second kappa shape index (κ2) is 7.13. The Labute approximate surface area is 164 Å². The third kappa shape index (κ3) is 3.16. The highest BCUT2D eigenvalue weighted by atomic mass is 32.2. The molecule has 3 aromatic rings. The molecule has 1 fully saturated rings. The predicted molar refractivity (Wildman–Crippen MR) is 105 cm³/mol. The van der Waals surface area contributed by atoms with E-state index >= 15 is 0 Å². The second-order valence-corrected chi connectivity index (χ2v) is 8.47. The maximum atomic E-state index is 13.1. The lowest BCUT2D eigenvalue weighted by atomic mass is 9.93. The average Bonchev–Trinajstić information content (AvgIpc) is 2.72. The molecule has 1 saturated heterocycles. The zero-order chi connectivity index (χ0) is 19.7. The summed E-state index contributed by atoms with van der Waals surface area (Å²) in [6.07, 6.45) is -0.899. The summed E-state index contributed by atoms with van der Waals surface area (Å²) >= 11 is 0. The minimum atomic E-state index is -3.98. The van der Waals surface area contributed by atoms with Crippen molar-refractivity contribution in [2.24, 2.45) is 0 Å². The second-order valence-electron chi connectivity index (χ2n) is 6.66. The van der Waals surface area contributed by atoms with E-state index in [1.165, 1.54) is 12.1 Å². The van der Waals surface area contributed by atoms with Crippen LogP contribution in [0.5, 0.6) is 5.75 Å². The summed E-state index contributed by atoms with van der Waals surface area (Å²) in [5.74, 6) is -0.0481. The van der Waals surface area contributed by atoms with Crippen molar-refractivity contribution in [3.63, 3.8) is 0 Å². The van der Waals surface area contributed by atoms with Crippen molar-refractivity contribution in [1.82, 2.24) is 4.31 Å². The molecule has 0 aromatic heterocycles. The Morgan fingerprint density at radius 1 is 0.821 bits per heavy atom. The summed E-state index contributed by atoms with van der Waals surface area (Å²) in [7, 11) is -3.98. The number of aryl methyl sites for hydroxylation is 1. The van der Waals surface area contributed by atoms with Gasteiger partial charge in [-0.05, 0) is 36.8 Å². The fraction of sp³-hybridized carbons (Fsp3) is 0.136. The molecule has 0 radical (unpaired) electrons. The van der Waals surface area contributed by atoms with E-state index in [-0.39, 0.29) is 4.90 Å². The van der Waals surface area contributed by atoms with Crippen LogP contribution in [0.2, 0.25) is 0 Å². The molecule has 1 aliphatic rings. The number of β-lactam (4-membered cyclic amide) rings is 1. The normalized spacial score (nSPS) is 19.2. The Bertz CT molecular complexity index is 1080. The van der Waals surface area contributed by atoms with Crippen LogP contribution in [-0.4, -0.2) is 24.7 Å². The van der Waals surface area contributed by atoms with Gasteiger partial charge in [0.05, 0.1) is 4.90 Å². The van der Waals surface area contributed by atoms with E-state index in [1.807, 2.05) is 37.3 Å². The Kier molecular flexibility index (Phi) is 4.65. The Morgan fingerprint density at radius 3 is 2.00 bits per heavy atom. The highest BCUT2D eigenvalue weighted by molar-refractivity contribution is 7.89. The minimum Gasteiger partial charge on any atom is -0.478 e. The number of hydrogen-bond acceptors (Lipinski definition) is 4. The van der Waals surface area contributed by atoms with Gasteiger partial charge in [0.1, 0.15) is 11.8 Å². The fourth-order valence-electron chi connectivity index (χ4n) is 3.25. The summed E-state index contributed by atoms with van der Waals surface area (Å²) in [5.41, 5.74) is 1.76. The average molecular weight is 393 g/mol. The van der Waals surface area contributed by atoms with Gasteiger partial charge in [-0.1, -0.05) is 66.2 Å². The number of nitrogens with zero attached hydrogens (tertiary/aromatic N) is 1. The molecule has 0 unspecified atom stereocenters. The van der Waals surface area contributed by atoms with Crippen LogP contribution < -0.4 is 4.74 Å². The molecule has 1 aliphatic heterocycles. The maximum Gasteiger partial charge on any atom is 0.280 e. The monoisotopic (exact) mass is 393 g/mol. The Hall–Kier alpha value is -3.12. The lowest BCUT2D eigenvalue weighted by molar-refractivity contribution is -0.153. The topological polar surface area (TPSA) is 63.7 Å². The number of amides is 1. The van der Waals surface area contributed by atoms with Gasteiger partial charge in [0.25, 0.3) is 15.9 Å². The fourth-order valence-corrected chi connectivity index (χ4v) is 4.85. The number of hydrogen-bond donors (Lipinski definition) is 0. The first-order chi connectivity index (χ1) is 13.5. The van der Waals surface area contributed by atoms with Gasteiger partial charge >= 0.3 is 0 Å². The summed E-state index contributed by atoms with van der Waals surface area (Å²) in [4.78, 5) is 12.9. The first kappa shape index (κ1) is 18.3. The van der Waals surface area contributed by atoms with E-state index in [9.17, 15) is 13.2 Å². The largest absolute Gasteiger partial charge is 0.478 e. The molecule has 0 spiro atoms. The van der Waals surface area contributed by atoms with E-state index in [0.29, 0.717) is 11.3 Å². The van der Waals surface area contributed by atoms with E-state index < -0.39 is 28.1 Å². The van der Waals surface area contributed by atoms with Crippen LogP contribution in [0.1, 0.15) is 17.2 Å². The molecule has 0 N–H and O–H groups in total. The van der Waals surface area contributed by atoms with Crippen LogP contribution in [0.4, 0.5) is 0 Å². The molecule has 5 nitrogen and oxygen atoms in total. The number of sulfonamides is 1. The van der Waals surface area contributed by atoms with E-state index in [2.05, 4.69) is 0 Å². The van der Waals surface area contributed by atoms with Crippen molar-refractivity contribution in [2.45, 2.75) is 24.0 Å². The van der Waals surface area contributed by atoms with Gasteiger partial charge < -0.3 is 4.74 Å². The van der Waals surface area contributed by atoms with Crippen molar-refractivity contribution < 1.29 is 17.9 Å². The van der Waals surface area contributed by atoms with Gasteiger partial charge in [-0.15, -0.1) is 0 Å². The van der Waals surface area contributed by atoms with Gasteiger partial charge in [0.2, 0.25) is 6.10 Å². The molecule has 142 valence electrons. The summed E-state index contributed by atoms with van der Waals surface area (Å²) in [6.45, 7) is 1.95. The lowest BCUT2D eigenvalue weighted by Gasteiger charge is -2.45. The molecule has 1 amide bonds. The molecular weight excluding hydrogens is 374 g/mol. The van der Waals surface area contributed by atoms with Gasteiger partial charge in [0, 0.05) is 0 Å². The van der Waals surface area contributed by atoms with Crippen LogP contribution in [0.15, 0.2) is 89.8 Å². The van der Waals surface area contributed by atoms with Crippen LogP contribution in [0.3, 0.4) is 0 Å². The number of carbonyl (C=O) groups is 1. The smallest absolute Gasteiger partial charge is 0.280 e. The van der Waals surface area contributed by atoms with E-state index in [0.717, 1.165) is 9.87 Å². The lowest BCUT2D eigenvalue weighted by Crippen LogP contribution is -2.63. The van der Waals surface area contributed by atoms with Gasteiger partial charge in [-0.25, -0.2) is 12.7 Å². The summed E-state index contributed by atoms with van der Waals surface area (Å²) in [5, 5.41) is 0. The highest BCUT2D eigenvalue weighted by Crippen LogP contribution is 2.41. The van der Waals surface area contributed by atoms with Gasteiger partial charge in [-0.3, -0.25) is 4.79 Å². The number of benzene rings is 3. The number of ether oxygens (including phenoxy) is 1. The Balaban J connectivity index is 1.73. The molecule has 6 heteroatoms. The van der Waals surface area contributed by atoms with E-state index in [1.54, 1.807) is 42.5 Å². The number of para-hydroxylation sites is 1. The molecule has 28 heavy (non-hydrogen) atoms. The number of carbonyl (C=O) groups excluding carboxylic acids is 1. The van der Waals surface area contributed by atoms with Crippen molar-refractivity contribution >= 4 is 15.9 Å². The van der Waals surface area contributed by atoms with Gasteiger partial charge in [-0.2, -0.15) is 0 Å². The highest BCUT2D eigenvalue weighted by Gasteiger charge is 2.56. The van der Waals surface area contributed by atoms with Gasteiger partial charge in [0.15, 0.2) is 0 Å². The quantitative estimate of drug-likeness (QED) is 0.620. The zero-order valence-corrected chi connectivity index (χ0v) is 16.0. The molecule has 3 aromatic carbocycles. The molecule has 0 bridgehead atoms. The minimum absolute atomic E-state index is 0.0821. The van der Waals surface area contributed by atoms with Crippen molar-refractivity contribution in [2.75, 3.05) is 0 Å². The first-order valence-corrected chi connectivity index (χ1v) is 10.3. The Morgan fingerprint density at radius 2 is 1.39 bits per heavy atom. The number of rotatable bonds is 5. The SMILES string of the molecule is Cc1ccc([C@@H]2[C@H](Oc3ccccc3)C(=O)N2S(=O)(=O)c2ccccc2)cc1. The third-order valence-corrected chi connectivity index (χ3v) is 6.52. The molecule has 2 atom stereocenters. The molecular formula is C22H19NO4S. The van der Waals surface area contributed by atoms with E-state index in [4.69, 9.17) is 4.74 Å². The molecule has 0 saturated carbocycles. The van der Waals surface area contributed by atoms with Crippen LogP contribution in [0.25, 0.3) is 0 Å². The molecule has 0 aliphatic carbocycles. The first-order valence-electron chi connectivity index (χ1n) is 8.90. The summed E-state index contributed by atoms with van der Waals surface area (Å²) < 4.78 is 33.0. The van der Waals surface area contributed by atoms with Crippen LogP contribution in [0, 0.1) is 6.92 Å². The molecule has 1 heterocycles. The maximum absolute atomic E-state index is 13.1.